The molecule has 4 aromatic rings. The van der Waals surface area contributed by atoms with Gasteiger partial charge in [-0.15, -0.1) is 0 Å². The van der Waals surface area contributed by atoms with Crippen molar-refractivity contribution in [2.45, 2.75) is 6.92 Å². The molecule has 0 aliphatic heterocycles. The first-order valence-electron chi connectivity index (χ1n) is 7.99. The molecule has 2 heteroatoms. The van der Waals surface area contributed by atoms with Crippen molar-refractivity contribution in [1.29, 1.82) is 0 Å². The van der Waals surface area contributed by atoms with Crippen LogP contribution in [0.5, 0.6) is 0 Å². The van der Waals surface area contributed by atoms with Gasteiger partial charge in [-0.05, 0) is 42.3 Å². The molecule has 0 atom stereocenters. The van der Waals surface area contributed by atoms with Crippen LogP contribution in [-0.2, 0) is 0 Å². The first-order chi connectivity index (χ1) is 11.8. The van der Waals surface area contributed by atoms with Crippen LogP contribution in [0.3, 0.4) is 0 Å². The van der Waals surface area contributed by atoms with Gasteiger partial charge in [0.1, 0.15) is 5.58 Å². The lowest BCUT2D eigenvalue weighted by Gasteiger charge is -2.05. The van der Waals surface area contributed by atoms with Crippen LogP contribution in [0, 0.1) is 6.92 Å². The van der Waals surface area contributed by atoms with E-state index in [0.717, 1.165) is 27.8 Å². The number of fused-ring (bicyclic) bond motifs is 1. The Bertz CT molecular complexity index is 1060. The first-order valence-corrected chi connectivity index (χ1v) is 7.99. The average Bonchev–Trinajstić information content (AvgIpc) is 2.62. The predicted molar refractivity (Wildman–Crippen MR) is 98.1 cm³/mol. The Kier molecular flexibility index (Phi) is 3.72. The van der Waals surface area contributed by atoms with Gasteiger partial charge in [0.2, 0.25) is 5.55 Å². The molecule has 1 aromatic heterocycles. The van der Waals surface area contributed by atoms with Crippen LogP contribution in [0.15, 0.2) is 94.3 Å². The highest BCUT2D eigenvalue weighted by Crippen LogP contribution is 2.22. The van der Waals surface area contributed by atoms with Crippen molar-refractivity contribution in [3.8, 4) is 11.1 Å². The number of para-hydroxylation sites is 1. The summed E-state index contributed by atoms with van der Waals surface area (Å²) < 4.78 is 6.12. The quantitative estimate of drug-likeness (QED) is 0.470. The van der Waals surface area contributed by atoms with E-state index in [0.29, 0.717) is 5.55 Å². The Morgan fingerprint density at radius 2 is 1.54 bits per heavy atom. The normalized spacial score (nSPS) is 11.8. The Balaban J connectivity index is 2.02. The highest BCUT2D eigenvalue weighted by atomic mass is 16.3. The minimum atomic E-state index is 0.630. The van der Waals surface area contributed by atoms with Gasteiger partial charge in [-0.25, -0.2) is 4.99 Å². The Morgan fingerprint density at radius 1 is 0.750 bits per heavy atom. The van der Waals surface area contributed by atoms with E-state index in [-0.39, 0.29) is 0 Å². The lowest BCUT2D eigenvalue weighted by molar-refractivity contribution is 0.547. The zero-order valence-electron chi connectivity index (χ0n) is 13.4. The Morgan fingerprint density at radius 3 is 2.38 bits per heavy atom. The zero-order chi connectivity index (χ0) is 16.4. The van der Waals surface area contributed by atoms with Gasteiger partial charge < -0.3 is 4.42 Å². The molecule has 116 valence electrons. The van der Waals surface area contributed by atoms with Gasteiger partial charge in [-0.1, -0.05) is 60.7 Å². The van der Waals surface area contributed by atoms with Crippen molar-refractivity contribution in [3.05, 3.63) is 96.0 Å². The van der Waals surface area contributed by atoms with Gasteiger partial charge >= 0.3 is 0 Å². The molecule has 24 heavy (non-hydrogen) atoms. The number of aryl methyl sites for hydroxylation is 1. The predicted octanol–water partition coefficient (Wildman–Crippen LogP) is 5.64. The van der Waals surface area contributed by atoms with Crippen molar-refractivity contribution in [2.24, 2.45) is 4.99 Å². The SMILES string of the molecule is Cc1cccc(N=c2oc3ccccc3cc2-c2ccccc2)c1. The molecule has 0 amide bonds. The molecular formula is C22H17NO. The summed E-state index contributed by atoms with van der Waals surface area (Å²) in [5, 5.41) is 1.07. The molecule has 4 rings (SSSR count). The maximum absolute atomic E-state index is 6.12. The van der Waals surface area contributed by atoms with Gasteiger partial charge in [0, 0.05) is 10.9 Å². The molecule has 1 heterocycles. The molecule has 0 saturated heterocycles. The van der Waals surface area contributed by atoms with E-state index < -0.39 is 0 Å². The maximum Gasteiger partial charge on any atom is 0.227 e. The molecule has 0 saturated carbocycles. The topological polar surface area (TPSA) is 25.5 Å². The third-order valence-electron chi connectivity index (χ3n) is 3.97. The van der Waals surface area contributed by atoms with Gasteiger partial charge in [-0.3, -0.25) is 0 Å². The summed E-state index contributed by atoms with van der Waals surface area (Å²) in [5.41, 5.74) is 5.63. The fourth-order valence-corrected chi connectivity index (χ4v) is 2.79. The van der Waals surface area contributed by atoms with Crippen molar-refractivity contribution in [3.63, 3.8) is 0 Å². The number of hydrogen-bond acceptors (Lipinski definition) is 2. The Labute approximate surface area is 140 Å². The molecule has 0 aliphatic rings. The molecule has 2 nitrogen and oxygen atoms in total. The summed E-state index contributed by atoms with van der Waals surface area (Å²) in [4.78, 5) is 4.76. The van der Waals surface area contributed by atoms with Crippen molar-refractivity contribution in [2.75, 3.05) is 0 Å². The second kappa shape index (κ2) is 6.17. The molecular weight excluding hydrogens is 294 g/mol. The standard InChI is InChI=1S/C22H17NO/c1-16-8-7-12-19(14-16)23-22-20(17-9-3-2-4-10-17)15-18-11-5-6-13-21(18)24-22/h2-15H,1H3. The smallest absolute Gasteiger partial charge is 0.227 e. The van der Waals surface area contributed by atoms with Crippen molar-refractivity contribution in [1.82, 2.24) is 0 Å². The molecule has 0 fully saturated rings. The molecule has 0 N–H and O–H groups in total. The van der Waals surface area contributed by atoms with E-state index in [1.165, 1.54) is 5.56 Å². The lowest BCUT2D eigenvalue weighted by atomic mass is 10.1. The fourth-order valence-electron chi connectivity index (χ4n) is 2.79. The zero-order valence-corrected chi connectivity index (χ0v) is 13.4. The third kappa shape index (κ3) is 2.86. The van der Waals surface area contributed by atoms with E-state index in [2.05, 4.69) is 43.3 Å². The van der Waals surface area contributed by atoms with Crippen molar-refractivity contribution >= 4 is 16.7 Å². The maximum atomic E-state index is 6.12. The first kappa shape index (κ1) is 14.5. The molecule has 0 radical (unpaired) electrons. The van der Waals surface area contributed by atoms with Gasteiger partial charge in [-0.2, -0.15) is 0 Å². The van der Waals surface area contributed by atoms with Crippen LogP contribution < -0.4 is 5.55 Å². The molecule has 3 aromatic carbocycles. The molecule has 0 unspecified atom stereocenters. The summed E-state index contributed by atoms with van der Waals surface area (Å²) in [5.74, 6) is 0. The number of benzene rings is 3. The van der Waals surface area contributed by atoms with Crippen molar-refractivity contribution < 1.29 is 4.42 Å². The lowest BCUT2D eigenvalue weighted by Crippen LogP contribution is -2.05. The van der Waals surface area contributed by atoms with Gasteiger partial charge in [0.05, 0.1) is 5.69 Å². The third-order valence-corrected chi connectivity index (χ3v) is 3.97. The minimum Gasteiger partial charge on any atom is -0.438 e. The summed E-state index contributed by atoms with van der Waals surface area (Å²) in [6.07, 6.45) is 0. The van der Waals surface area contributed by atoms with Gasteiger partial charge in [0.15, 0.2) is 0 Å². The van der Waals surface area contributed by atoms with E-state index in [1.54, 1.807) is 0 Å². The molecule has 0 bridgehead atoms. The van der Waals surface area contributed by atoms with Crippen LogP contribution in [0.2, 0.25) is 0 Å². The monoisotopic (exact) mass is 311 g/mol. The van der Waals surface area contributed by atoms with Crippen LogP contribution in [0.4, 0.5) is 5.69 Å². The van der Waals surface area contributed by atoms with Crippen LogP contribution in [0.25, 0.3) is 22.1 Å². The van der Waals surface area contributed by atoms with Crippen LogP contribution in [-0.4, -0.2) is 0 Å². The minimum absolute atomic E-state index is 0.630. The summed E-state index contributed by atoms with van der Waals surface area (Å²) in [7, 11) is 0. The number of hydrogen-bond donors (Lipinski definition) is 0. The highest BCUT2D eigenvalue weighted by molar-refractivity contribution is 5.81. The Hall–Kier alpha value is -3.13. The fraction of sp³-hybridized carbons (Fsp3) is 0.0455. The van der Waals surface area contributed by atoms with E-state index in [4.69, 9.17) is 9.41 Å². The summed E-state index contributed by atoms with van der Waals surface area (Å²) >= 11 is 0. The highest BCUT2D eigenvalue weighted by Gasteiger charge is 2.06. The van der Waals surface area contributed by atoms with E-state index in [1.807, 2.05) is 48.5 Å². The van der Waals surface area contributed by atoms with Crippen LogP contribution in [0.1, 0.15) is 5.56 Å². The molecule has 0 aliphatic carbocycles. The van der Waals surface area contributed by atoms with Crippen LogP contribution >= 0.6 is 0 Å². The number of nitrogens with zero attached hydrogens (tertiary/aromatic N) is 1. The van der Waals surface area contributed by atoms with Gasteiger partial charge in [0.25, 0.3) is 0 Å². The number of rotatable bonds is 2. The van der Waals surface area contributed by atoms with E-state index >= 15 is 0 Å². The van der Waals surface area contributed by atoms with E-state index in [9.17, 15) is 0 Å². The largest absolute Gasteiger partial charge is 0.438 e. The second-order valence-corrected chi connectivity index (χ2v) is 5.82. The summed E-state index contributed by atoms with van der Waals surface area (Å²) in [6.45, 7) is 2.06. The second-order valence-electron chi connectivity index (χ2n) is 5.82. The average molecular weight is 311 g/mol. The summed E-state index contributed by atoms with van der Waals surface area (Å²) in [6, 6.07) is 28.5. The molecule has 0 spiro atoms.